The van der Waals surface area contributed by atoms with Crippen molar-refractivity contribution in [2.24, 2.45) is 4.99 Å². The Hall–Kier alpha value is -3.46. The minimum atomic E-state index is -0.709. The van der Waals surface area contributed by atoms with E-state index in [1.165, 1.54) is 16.7 Å². The summed E-state index contributed by atoms with van der Waals surface area (Å²) in [6, 6.07) is 11.2. The standard InChI is InChI=1S/C23H25ClFN5O3/c1-15(2)33-20-10-9-18(13-19(20)25)27-21-28-22(31)29(12-4-11-26-3)23(32)30(21)14-16-5-7-17(24)8-6-16/h5-11,13,15H,4,12,14H2,1-3H3,(H,27,28,31)/b26-11-. The van der Waals surface area contributed by atoms with Gasteiger partial charge in [-0.05, 0) is 43.7 Å². The Bertz CT molecular complexity index is 1250. The maximum atomic E-state index is 14.4. The summed E-state index contributed by atoms with van der Waals surface area (Å²) in [5, 5.41) is 3.45. The van der Waals surface area contributed by atoms with Gasteiger partial charge in [-0.15, -0.1) is 0 Å². The van der Waals surface area contributed by atoms with Gasteiger partial charge in [0.05, 0.1) is 12.6 Å². The van der Waals surface area contributed by atoms with Crippen molar-refractivity contribution < 1.29 is 9.13 Å². The minimum Gasteiger partial charge on any atom is -0.488 e. The quantitative estimate of drug-likeness (QED) is 0.476. The van der Waals surface area contributed by atoms with Gasteiger partial charge in [-0.2, -0.15) is 4.98 Å². The van der Waals surface area contributed by atoms with Crippen LogP contribution in [0.15, 0.2) is 57.0 Å². The van der Waals surface area contributed by atoms with E-state index in [9.17, 15) is 14.0 Å². The third-order valence-corrected chi connectivity index (χ3v) is 4.87. The van der Waals surface area contributed by atoms with Crippen molar-refractivity contribution in [3.63, 3.8) is 0 Å². The molecule has 1 heterocycles. The average molecular weight is 474 g/mol. The van der Waals surface area contributed by atoms with Crippen molar-refractivity contribution in [3.05, 3.63) is 79.8 Å². The van der Waals surface area contributed by atoms with Gasteiger partial charge in [-0.25, -0.2) is 18.5 Å². The molecule has 0 amide bonds. The number of rotatable bonds is 9. The number of aromatic nitrogens is 3. The second-order valence-corrected chi connectivity index (χ2v) is 7.97. The summed E-state index contributed by atoms with van der Waals surface area (Å²) in [5.41, 5.74) is -0.161. The molecule has 0 unspecified atom stereocenters. The van der Waals surface area contributed by atoms with Crippen molar-refractivity contribution >= 4 is 29.5 Å². The zero-order valence-electron chi connectivity index (χ0n) is 18.6. The predicted molar refractivity (Wildman–Crippen MR) is 128 cm³/mol. The summed E-state index contributed by atoms with van der Waals surface area (Å²) in [4.78, 5) is 33.7. The zero-order valence-corrected chi connectivity index (χ0v) is 19.3. The topological polar surface area (TPSA) is 90.5 Å². The van der Waals surface area contributed by atoms with Gasteiger partial charge in [0.1, 0.15) is 0 Å². The third-order valence-electron chi connectivity index (χ3n) is 4.62. The zero-order chi connectivity index (χ0) is 24.0. The van der Waals surface area contributed by atoms with E-state index in [0.717, 1.165) is 10.1 Å². The van der Waals surface area contributed by atoms with Crippen LogP contribution in [-0.4, -0.2) is 33.5 Å². The SMILES string of the molecule is C/N=C\CCn1c(=O)nc(Nc2ccc(OC(C)C)c(F)c2)n(Cc2ccc(Cl)cc2)c1=O. The molecule has 0 aliphatic rings. The molecule has 0 aliphatic heterocycles. The largest absolute Gasteiger partial charge is 0.488 e. The first-order valence-corrected chi connectivity index (χ1v) is 10.8. The molecule has 0 bridgehead atoms. The van der Waals surface area contributed by atoms with Crippen LogP contribution in [-0.2, 0) is 13.1 Å². The number of hydrogen-bond donors (Lipinski definition) is 1. The maximum absolute atomic E-state index is 14.4. The molecule has 3 rings (SSSR count). The molecule has 1 N–H and O–H groups in total. The van der Waals surface area contributed by atoms with Crippen LogP contribution in [0.2, 0.25) is 5.02 Å². The summed E-state index contributed by atoms with van der Waals surface area (Å²) in [6.45, 7) is 3.86. The van der Waals surface area contributed by atoms with E-state index >= 15 is 0 Å². The lowest BCUT2D eigenvalue weighted by atomic mass is 10.2. The summed E-state index contributed by atoms with van der Waals surface area (Å²) in [5.74, 6) is -0.472. The smallest absolute Gasteiger partial charge is 0.354 e. The van der Waals surface area contributed by atoms with E-state index in [2.05, 4.69) is 15.3 Å². The Balaban J connectivity index is 2.02. The molecule has 1 aromatic heterocycles. The predicted octanol–water partition coefficient (Wildman–Crippen LogP) is 3.87. The van der Waals surface area contributed by atoms with Gasteiger partial charge in [0.15, 0.2) is 11.6 Å². The first kappa shape index (κ1) is 24.2. The van der Waals surface area contributed by atoms with Crippen molar-refractivity contribution in [1.82, 2.24) is 14.1 Å². The van der Waals surface area contributed by atoms with E-state index in [4.69, 9.17) is 16.3 Å². The highest BCUT2D eigenvalue weighted by Gasteiger charge is 2.15. The van der Waals surface area contributed by atoms with Crippen LogP contribution in [0.25, 0.3) is 0 Å². The third kappa shape index (κ3) is 6.29. The molecule has 3 aromatic rings. The van der Waals surface area contributed by atoms with Gasteiger partial charge in [-0.3, -0.25) is 4.57 Å². The van der Waals surface area contributed by atoms with Crippen LogP contribution in [0.3, 0.4) is 0 Å². The molecule has 0 aliphatic carbocycles. The highest BCUT2D eigenvalue weighted by molar-refractivity contribution is 6.30. The second-order valence-electron chi connectivity index (χ2n) is 7.53. The highest BCUT2D eigenvalue weighted by Crippen LogP contribution is 2.24. The van der Waals surface area contributed by atoms with Gasteiger partial charge >= 0.3 is 11.4 Å². The maximum Gasteiger partial charge on any atom is 0.354 e. The number of ether oxygens (including phenoxy) is 1. The Morgan fingerprint density at radius 3 is 2.55 bits per heavy atom. The number of nitrogens with one attached hydrogen (secondary N) is 1. The Labute approximate surface area is 195 Å². The lowest BCUT2D eigenvalue weighted by Gasteiger charge is -2.16. The van der Waals surface area contributed by atoms with Crippen molar-refractivity contribution in [3.8, 4) is 5.75 Å². The van der Waals surface area contributed by atoms with Crippen LogP contribution in [0.1, 0.15) is 25.8 Å². The van der Waals surface area contributed by atoms with Gasteiger partial charge in [0, 0.05) is 43.0 Å². The van der Waals surface area contributed by atoms with Gasteiger partial charge in [-0.1, -0.05) is 23.7 Å². The Morgan fingerprint density at radius 2 is 1.91 bits per heavy atom. The van der Waals surface area contributed by atoms with E-state index in [1.807, 2.05) is 0 Å². The fourth-order valence-corrected chi connectivity index (χ4v) is 3.23. The van der Waals surface area contributed by atoms with Crippen molar-refractivity contribution in [2.45, 2.75) is 39.5 Å². The van der Waals surface area contributed by atoms with Crippen molar-refractivity contribution in [1.29, 1.82) is 0 Å². The first-order chi connectivity index (χ1) is 15.8. The number of benzene rings is 2. The lowest BCUT2D eigenvalue weighted by molar-refractivity contribution is 0.231. The molecule has 0 spiro atoms. The van der Waals surface area contributed by atoms with Crippen LogP contribution in [0.4, 0.5) is 16.0 Å². The monoisotopic (exact) mass is 473 g/mol. The summed E-state index contributed by atoms with van der Waals surface area (Å²) < 4.78 is 22.2. The molecule has 33 heavy (non-hydrogen) atoms. The molecule has 0 saturated carbocycles. The summed E-state index contributed by atoms with van der Waals surface area (Å²) in [7, 11) is 1.61. The molecule has 0 atom stereocenters. The number of anilines is 2. The van der Waals surface area contributed by atoms with Crippen LogP contribution >= 0.6 is 11.6 Å². The van der Waals surface area contributed by atoms with Crippen LogP contribution in [0, 0.1) is 5.82 Å². The minimum absolute atomic E-state index is 0.00251. The van der Waals surface area contributed by atoms with Crippen LogP contribution in [0.5, 0.6) is 5.75 Å². The van der Waals surface area contributed by atoms with Gasteiger partial charge in [0.2, 0.25) is 5.95 Å². The normalized spacial score (nSPS) is 11.3. The molecule has 0 saturated heterocycles. The summed E-state index contributed by atoms with van der Waals surface area (Å²) >= 11 is 5.96. The number of nitrogens with zero attached hydrogens (tertiary/aromatic N) is 4. The fraction of sp³-hybridized carbons (Fsp3) is 0.304. The van der Waals surface area contributed by atoms with E-state index < -0.39 is 17.2 Å². The molecule has 2 aromatic carbocycles. The molecule has 10 heteroatoms. The molecule has 8 nitrogen and oxygen atoms in total. The molecular weight excluding hydrogens is 449 g/mol. The van der Waals surface area contributed by atoms with E-state index in [0.29, 0.717) is 17.1 Å². The fourth-order valence-electron chi connectivity index (χ4n) is 3.10. The number of aliphatic imine (C=N–C) groups is 1. The first-order valence-electron chi connectivity index (χ1n) is 10.4. The summed E-state index contributed by atoms with van der Waals surface area (Å²) in [6.07, 6.45) is 1.84. The van der Waals surface area contributed by atoms with Gasteiger partial charge < -0.3 is 15.0 Å². The molecule has 174 valence electrons. The van der Waals surface area contributed by atoms with Crippen LogP contribution < -0.4 is 21.4 Å². The van der Waals surface area contributed by atoms with E-state index in [1.54, 1.807) is 57.4 Å². The Kier molecular flexibility index (Phi) is 8.00. The molecule has 0 fully saturated rings. The lowest BCUT2D eigenvalue weighted by Crippen LogP contribution is -2.42. The van der Waals surface area contributed by atoms with E-state index in [-0.39, 0.29) is 30.9 Å². The van der Waals surface area contributed by atoms with Gasteiger partial charge in [0.25, 0.3) is 0 Å². The van der Waals surface area contributed by atoms with Crippen molar-refractivity contribution in [2.75, 3.05) is 12.4 Å². The molecule has 0 radical (unpaired) electrons. The Morgan fingerprint density at radius 1 is 1.18 bits per heavy atom. The number of hydrogen-bond acceptors (Lipinski definition) is 6. The molecular formula is C23H25ClFN5O3. The average Bonchev–Trinajstić information content (AvgIpc) is 2.76. The number of halogens is 2. The highest BCUT2D eigenvalue weighted by atomic mass is 35.5. The second kappa shape index (κ2) is 10.9.